The first-order chi connectivity index (χ1) is 0. The van der Waals surface area contributed by atoms with Gasteiger partial charge in [-0.05, 0) is 11.0 Å². The zero-order valence-electron chi connectivity index (χ0n) is 4.12. The minimum absolute atomic E-state index is 0. The van der Waals surface area contributed by atoms with Crippen molar-refractivity contribution in [3.05, 3.63) is 0 Å². The maximum Gasteiger partial charge on any atom is 2.00 e. The fourth-order valence-corrected chi connectivity index (χ4v) is 0. The molecule has 0 aliphatic rings. The number of hydrogen-bond donors (Lipinski definition) is 0. The summed E-state index contributed by atoms with van der Waals surface area (Å²) in [4.78, 5) is 0. The van der Waals surface area contributed by atoms with Gasteiger partial charge >= 0.3 is 37.7 Å². The van der Waals surface area contributed by atoms with E-state index in [1.807, 2.05) is 0 Å². The van der Waals surface area contributed by atoms with Gasteiger partial charge in [0.15, 0.2) is 0 Å². The van der Waals surface area contributed by atoms with Crippen LogP contribution < -0.4 is 0 Å². The van der Waals surface area contributed by atoms with Gasteiger partial charge in [0.05, 0.1) is 0 Å². The molecule has 0 aromatic rings. The predicted octanol–water partition coefficient (Wildman–Crippen LogP) is -1.08. The van der Waals surface area contributed by atoms with Crippen LogP contribution in [0.4, 0.5) is 0 Å². The van der Waals surface area contributed by atoms with Crippen LogP contribution in [0.15, 0.2) is 0 Å². The van der Waals surface area contributed by atoms with Gasteiger partial charge in [-0.2, -0.15) is 0 Å². The van der Waals surface area contributed by atoms with Crippen molar-refractivity contribution in [3.8, 4) is 0 Å². The van der Waals surface area contributed by atoms with E-state index in [1.165, 1.54) is 0 Å². The van der Waals surface area contributed by atoms with Crippen molar-refractivity contribution in [2.75, 3.05) is 0 Å². The predicted molar refractivity (Wildman–Crippen MR) is 16.5 cm³/mol. The number of rotatable bonds is 0. The minimum Gasteiger partial charge on any atom is -1.00 e. The zero-order valence-corrected chi connectivity index (χ0v) is 7.95. The smallest absolute Gasteiger partial charge is 1.00 e. The first-order valence-corrected chi connectivity index (χ1v) is 0. The molecule has 0 fully saturated rings. The van der Waals surface area contributed by atoms with E-state index in [4.69, 9.17) is 0 Å². The van der Waals surface area contributed by atoms with E-state index in [1.54, 1.807) is 0 Å². The fraction of sp³-hybridized carbons (Fsp3) is 0. The molecule has 0 aliphatic carbocycles. The monoisotopic (exact) mass is 184 g/mol. The van der Waals surface area contributed by atoms with Gasteiger partial charge in [-0.3, -0.25) is 0 Å². The molecule has 0 heterocycles. The standard InChI is InChI=1S/Ca.2Fe.H2Si.2H/h;;;1H2;;/q+2;;;;2*-1. The van der Waals surface area contributed by atoms with Gasteiger partial charge in [-0.1, -0.05) is 0 Å². The molecule has 0 nitrogen and oxygen atoms in total. The van der Waals surface area contributed by atoms with Gasteiger partial charge in [0.1, 0.15) is 0 Å². The SMILES string of the molecule is [Ca+2].[Fe].[Fe].[H-].[H-].[SiH2]. The van der Waals surface area contributed by atoms with E-state index in [0.717, 1.165) is 0 Å². The molecule has 0 spiro atoms. The van der Waals surface area contributed by atoms with E-state index in [2.05, 4.69) is 0 Å². The van der Waals surface area contributed by atoms with Crippen LogP contribution in [0, 0.1) is 0 Å². The van der Waals surface area contributed by atoms with Crippen LogP contribution in [0.25, 0.3) is 0 Å². The Morgan fingerprint density at radius 2 is 1.00 bits per heavy atom. The van der Waals surface area contributed by atoms with Crippen molar-refractivity contribution >= 4 is 48.7 Å². The summed E-state index contributed by atoms with van der Waals surface area (Å²) in [7, 11) is 0. The second-order valence-electron chi connectivity index (χ2n) is 0. The molecular formula is H4CaFe2Si. The molecule has 0 saturated heterocycles. The first kappa shape index (κ1) is 31.3. The Morgan fingerprint density at radius 1 is 1.00 bits per heavy atom. The van der Waals surface area contributed by atoms with Crippen molar-refractivity contribution in [1.82, 2.24) is 0 Å². The van der Waals surface area contributed by atoms with Gasteiger partial charge < -0.3 is 2.85 Å². The zero-order chi connectivity index (χ0) is 0. The summed E-state index contributed by atoms with van der Waals surface area (Å²) >= 11 is 0. The molecular weight excluding hydrogens is 180 g/mol. The summed E-state index contributed by atoms with van der Waals surface area (Å²) in [6.45, 7) is 0. The van der Waals surface area contributed by atoms with Crippen LogP contribution in [-0.2, 0) is 34.1 Å². The van der Waals surface area contributed by atoms with Crippen LogP contribution in [0.1, 0.15) is 2.85 Å². The molecule has 0 atom stereocenters. The molecule has 4 heavy (non-hydrogen) atoms. The molecule has 0 saturated carbocycles. The summed E-state index contributed by atoms with van der Waals surface area (Å²) in [5.74, 6) is 0. The first-order valence-electron chi connectivity index (χ1n) is 0. The molecule has 0 rings (SSSR count). The molecule has 0 amide bonds. The molecule has 2 radical (unpaired) electrons. The van der Waals surface area contributed by atoms with Crippen molar-refractivity contribution in [2.45, 2.75) is 0 Å². The summed E-state index contributed by atoms with van der Waals surface area (Å²) in [6, 6.07) is 0. The average Bonchev–Trinajstić information content (AvgIpc) is 0. The van der Waals surface area contributed by atoms with Crippen molar-refractivity contribution < 1.29 is 37.0 Å². The third-order valence-electron chi connectivity index (χ3n) is 0. The Hall–Kier alpha value is 2.52. The molecule has 0 aliphatic heterocycles. The summed E-state index contributed by atoms with van der Waals surface area (Å²) in [5.41, 5.74) is 0. The third-order valence-corrected chi connectivity index (χ3v) is 0. The third kappa shape index (κ3) is 8.82. The Kier molecular flexibility index (Phi) is 139. The Labute approximate surface area is 84.4 Å². The molecule has 4 heteroatoms. The minimum atomic E-state index is 0. The second-order valence-corrected chi connectivity index (χ2v) is 0. The fourth-order valence-electron chi connectivity index (χ4n) is 0. The van der Waals surface area contributed by atoms with Crippen molar-refractivity contribution in [3.63, 3.8) is 0 Å². The molecule has 0 N–H and O–H groups in total. The molecule has 0 unspecified atom stereocenters. The van der Waals surface area contributed by atoms with E-state index in [-0.39, 0.29) is 85.7 Å². The molecule has 0 bridgehead atoms. The van der Waals surface area contributed by atoms with Crippen molar-refractivity contribution in [1.29, 1.82) is 0 Å². The summed E-state index contributed by atoms with van der Waals surface area (Å²) < 4.78 is 0. The van der Waals surface area contributed by atoms with Crippen LogP contribution >= 0.6 is 0 Å². The largest absolute Gasteiger partial charge is 2.00 e. The molecule has 26 valence electrons. The maximum atomic E-state index is 0. The normalized spacial score (nSPS) is 0. The van der Waals surface area contributed by atoms with Gasteiger partial charge in [0, 0.05) is 34.1 Å². The van der Waals surface area contributed by atoms with E-state index >= 15 is 0 Å². The van der Waals surface area contributed by atoms with Crippen LogP contribution in [-0.4, -0.2) is 48.7 Å². The van der Waals surface area contributed by atoms with E-state index < -0.39 is 0 Å². The van der Waals surface area contributed by atoms with Gasteiger partial charge in [-0.15, -0.1) is 0 Å². The average molecular weight is 184 g/mol. The van der Waals surface area contributed by atoms with Gasteiger partial charge in [0.25, 0.3) is 0 Å². The van der Waals surface area contributed by atoms with E-state index in [9.17, 15) is 0 Å². The van der Waals surface area contributed by atoms with Gasteiger partial charge in [0.2, 0.25) is 0 Å². The Bertz CT molecular complexity index is 11.5. The summed E-state index contributed by atoms with van der Waals surface area (Å²) in [6.07, 6.45) is 0. The van der Waals surface area contributed by atoms with Crippen molar-refractivity contribution in [2.24, 2.45) is 0 Å². The van der Waals surface area contributed by atoms with Gasteiger partial charge in [-0.25, -0.2) is 0 Å². The van der Waals surface area contributed by atoms with Crippen LogP contribution in [0.5, 0.6) is 0 Å². The molecule has 0 aromatic heterocycles. The summed E-state index contributed by atoms with van der Waals surface area (Å²) in [5, 5.41) is 0. The van der Waals surface area contributed by atoms with Crippen LogP contribution in [0.2, 0.25) is 0 Å². The Morgan fingerprint density at radius 3 is 1.00 bits per heavy atom. The maximum absolute atomic E-state index is 0. The van der Waals surface area contributed by atoms with E-state index in [0.29, 0.717) is 0 Å². The van der Waals surface area contributed by atoms with Crippen LogP contribution in [0.3, 0.4) is 0 Å². The Balaban J connectivity index is 0. The number of hydrogen-bond acceptors (Lipinski definition) is 0. The topological polar surface area (TPSA) is 0 Å². The quantitative estimate of drug-likeness (QED) is 0.420. The molecule has 0 aromatic carbocycles. The second kappa shape index (κ2) is 17.8.